The predicted molar refractivity (Wildman–Crippen MR) is 78.5 cm³/mol. The fourth-order valence-corrected chi connectivity index (χ4v) is 2.70. The number of rotatable bonds is 3. The molecule has 0 aliphatic heterocycles. The second-order valence-corrected chi connectivity index (χ2v) is 5.30. The summed E-state index contributed by atoms with van der Waals surface area (Å²) < 4.78 is 1.83. The van der Waals surface area contributed by atoms with Gasteiger partial charge >= 0.3 is 0 Å². The van der Waals surface area contributed by atoms with Crippen LogP contribution in [0.15, 0.2) is 42.7 Å². The summed E-state index contributed by atoms with van der Waals surface area (Å²) in [5.74, 6) is 0. The first-order valence-electron chi connectivity index (χ1n) is 6.13. The van der Waals surface area contributed by atoms with Crippen molar-refractivity contribution in [3.63, 3.8) is 0 Å². The Hall–Kier alpha value is -2.14. The summed E-state index contributed by atoms with van der Waals surface area (Å²) in [4.78, 5) is 4.55. The second kappa shape index (κ2) is 4.85. The van der Waals surface area contributed by atoms with Gasteiger partial charge in [0.15, 0.2) is 0 Å². The minimum Gasteiger partial charge on any atom is -0.389 e. The molecular formula is C14H14N4S. The Kier molecular flexibility index (Phi) is 3.05. The van der Waals surface area contributed by atoms with Crippen LogP contribution in [0.4, 0.5) is 5.00 Å². The van der Waals surface area contributed by atoms with Gasteiger partial charge in [-0.25, -0.2) is 9.67 Å². The highest BCUT2D eigenvalue weighted by atomic mass is 32.1. The first kappa shape index (κ1) is 11.9. The molecule has 4 nitrogen and oxygen atoms in total. The number of nitrogens with zero attached hydrogens (tertiary/aromatic N) is 3. The molecule has 0 saturated carbocycles. The molecule has 0 aliphatic rings. The van der Waals surface area contributed by atoms with Crippen LogP contribution in [0.5, 0.6) is 0 Å². The molecule has 0 saturated heterocycles. The van der Waals surface area contributed by atoms with Crippen LogP contribution in [0.2, 0.25) is 0 Å². The number of thiazole rings is 1. The summed E-state index contributed by atoms with van der Waals surface area (Å²) in [6, 6.07) is 9.99. The third-order valence-electron chi connectivity index (χ3n) is 2.88. The molecule has 1 aromatic carbocycles. The standard InChI is InChI=1S/C14H14N4S/c1-2-12-17-13(14(15)19-12)10-8-16-18(9-10)11-6-4-3-5-7-11/h3-9H,2,15H2,1H3. The van der Waals surface area contributed by atoms with Gasteiger partial charge in [0.05, 0.1) is 16.9 Å². The molecule has 0 atom stereocenters. The van der Waals surface area contributed by atoms with Crippen molar-refractivity contribution in [2.24, 2.45) is 0 Å². The van der Waals surface area contributed by atoms with Crippen LogP contribution in [0.25, 0.3) is 16.9 Å². The molecule has 0 spiro atoms. The molecular weight excluding hydrogens is 256 g/mol. The summed E-state index contributed by atoms with van der Waals surface area (Å²) in [6.07, 6.45) is 4.67. The van der Waals surface area contributed by atoms with E-state index in [0.29, 0.717) is 0 Å². The van der Waals surface area contributed by atoms with Crippen LogP contribution in [-0.2, 0) is 6.42 Å². The van der Waals surface area contributed by atoms with Crippen molar-refractivity contribution < 1.29 is 0 Å². The van der Waals surface area contributed by atoms with Crippen LogP contribution >= 0.6 is 11.3 Å². The molecule has 0 fully saturated rings. The fourth-order valence-electron chi connectivity index (χ4n) is 1.90. The zero-order chi connectivity index (χ0) is 13.2. The number of aryl methyl sites for hydroxylation is 1. The molecule has 0 radical (unpaired) electrons. The summed E-state index contributed by atoms with van der Waals surface area (Å²) in [5.41, 5.74) is 8.83. The zero-order valence-electron chi connectivity index (χ0n) is 10.6. The third-order valence-corrected chi connectivity index (χ3v) is 3.91. The van der Waals surface area contributed by atoms with Crippen LogP contribution < -0.4 is 5.73 Å². The van der Waals surface area contributed by atoms with Crippen molar-refractivity contribution in [1.82, 2.24) is 14.8 Å². The molecule has 3 aromatic rings. The molecule has 2 heterocycles. The first-order valence-corrected chi connectivity index (χ1v) is 6.95. The SMILES string of the molecule is CCc1nc(-c2cnn(-c3ccccc3)c2)c(N)s1. The molecule has 0 bridgehead atoms. The summed E-state index contributed by atoms with van der Waals surface area (Å²) >= 11 is 1.54. The fraction of sp³-hybridized carbons (Fsp3) is 0.143. The minimum absolute atomic E-state index is 0.754. The van der Waals surface area contributed by atoms with E-state index >= 15 is 0 Å². The molecule has 0 unspecified atom stereocenters. The second-order valence-electron chi connectivity index (χ2n) is 4.18. The number of nitrogen functional groups attached to an aromatic ring is 1. The third kappa shape index (κ3) is 2.24. The Labute approximate surface area is 115 Å². The van der Waals surface area contributed by atoms with Gasteiger partial charge in [-0.15, -0.1) is 11.3 Å². The van der Waals surface area contributed by atoms with E-state index in [1.54, 1.807) is 17.5 Å². The molecule has 96 valence electrons. The maximum absolute atomic E-state index is 6.02. The smallest absolute Gasteiger partial charge is 0.114 e. The van der Waals surface area contributed by atoms with Crippen LogP contribution in [0.1, 0.15) is 11.9 Å². The van der Waals surface area contributed by atoms with Gasteiger partial charge in [0.25, 0.3) is 0 Å². The van der Waals surface area contributed by atoms with E-state index in [0.717, 1.165) is 33.4 Å². The maximum Gasteiger partial charge on any atom is 0.114 e. The van der Waals surface area contributed by atoms with Gasteiger partial charge in [-0.05, 0) is 18.6 Å². The minimum atomic E-state index is 0.754. The number of benzene rings is 1. The Morgan fingerprint density at radius 1 is 1.26 bits per heavy atom. The number of aromatic nitrogens is 3. The van der Waals surface area contributed by atoms with Gasteiger partial charge in [0, 0.05) is 11.8 Å². The lowest BCUT2D eigenvalue weighted by molar-refractivity contribution is 0.881. The maximum atomic E-state index is 6.02. The van der Waals surface area contributed by atoms with Crippen LogP contribution in [0, 0.1) is 0 Å². The van der Waals surface area contributed by atoms with Crippen molar-refractivity contribution >= 4 is 16.3 Å². The summed E-state index contributed by atoms with van der Waals surface area (Å²) in [5, 5.41) is 6.17. The lowest BCUT2D eigenvalue weighted by Gasteiger charge is -1.98. The van der Waals surface area contributed by atoms with E-state index in [1.165, 1.54) is 0 Å². The Balaban J connectivity index is 1.99. The van der Waals surface area contributed by atoms with Gasteiger partial charge < -0.3 is 5.73 Å². The summed E-state index contributed by atoms with van der Waals surface area (Å²) in [7, 11) is 0. The van der Waals surface area contributed by atoms with Crippen LogP contribution in [-0.4, -0.2) is 14.8 Å². The zero-order valence-corrected chi connectivity index (χ0v) is 11.4. The van der Waals surface area contributed by atoms with E-state index in [9.17, 15) is 0 Å². The molecule has 2 N–H and O–H groups in total. The van der Waals surface area contributed by atoms with E-state index < -0.39 is 0 Å². The highest BCUT2D eigenvalue weighted by molar-refractivity contribution is 7.16. The molecule has 19 heavy (non-hydrogen) atoms. The number of anilines is 1. The molecule has 0 amide bonds. The van der Waals surface area contributed by atoms with Crippen molar-refractivity contribution in [2.75, 3.05) is 5.73 Å². The van der Waals surface area contributed by atoms with Crippen LogP contribution in [0.3, 0.4) is 0 Å². The Bertz CT molecular complexity index is 685. The van der Waals surface area contributed by atoms with Gasteiger partial charge in [0.1, 0.15) is 10.7 Å². The summed E-state index contributed by atoms with van der Waals surface area (Å²) in [6.45, 7) is 2.08. The molecule has 0 aliphatic carbocycles. The highest BCUT2D eigenvalue weighted by Crippen LogP contribution is 2.30. The van der Waals surface area contributed by atoms with E-state index in [1.807, 2.05) is 41.2 Å². The quantitative estimate of drug-likeness (QED) is 0.795. The van der Waals surface area contributed by atoms with Crippen molar-refractivity contribution in [3.8, 4) is 16.9 Å². The highest BCUT2D eigenvalue weighted by Gasteiger charge is 2.12. The normalized spacial score (nSPS) is 10.8. The average Bonchev–Trinajstić information content (AvgIpc) is 3.06. The lowest BCUT2D eigenvalue weighted by Crippen LogP contribution is -1.92. The first-order chi connectivity index (χ1) is 9.28. The molecule has 3 rings (SSSR count). The Morgan fingerprint density at radius 2 is 2.05 bits per heavy atom. The van der Waals surface area contributed by atoms with E-state index in [2.05, 4.69) is 17.0 Å². The predicted octanol–water partition coefficient (Wildman–Crippen LogP) is 3.14. The van der Waals surface area contributed by atoms with Gasteiger partial charge in [0.2, 0.25) is 0 Å². The lowest BCUT2D eigenvalue weighted by atomic mass is 10.2. The molecule has 2 aromatic heterocycles. The van der Waals surface area contributed by atoms with Crippen molar-refractivity contribution in [1.29, 1.82) is 0 Å². The average molecular weight is 270 g/mol. The van der Waals surface area contributed by atoms with Crippen molar-refractivity contribution in [3.05, 3.63) is 47.7 Å². The van der Waals surface area contributed by atoms with Gasteiger partial charge in [-0.2, -0.15) is 5.10 Å². The number of nitrogens with two attached hydrogens (primary N) is 1. The van der Waals surface area contributed by atoms with Gasteiger partial charge in [-0.3, -0.25) is 0 Å². The van der Waals surface area contributed by atoms with E-state index in [-0.39, 0.29) is 0 Å². The topological polar surface area (TPSA) is 56.7 Å². The van der Waals surface area contributed by atoms with E-state index in [4.69, 9.17) is 5.73 Å². The Morgan fingerprint density at radius 3 is 2.74 bits per heavy atom. The van der Waals surface area contributed by atoms with Gasteiger partial charge in [-0.1, -0.05) is 25.1 Å². The monoisotopic (exact) mass is 270 g/mol. The number of para-hydroxylation sites is 1. The van der Waals surface area contributed by atoms with Crippen molar-refractivity contribution in [2.45, 2.75) is 13.3 Å². The molecule has 5 heteroatoms. The largest absolute Gasteiger partial charge is 0.389 e. The number of hydrogen-bond donors (Lipinski definition) is 1. The number of hydrogen-bond acceptors (Lipinski definition) is 4.